The molecule has 6 nitrogen and oxygen atoms in total. The first-order valence-corrected chi connectivity index (χ1v) is 7.96. The van der Waals surface area contributed by atoms with E-state index < -0.39 is 0 Å². The second kappa shape index (κ2) is 7.39. The van der Waals surface area contributed by atoms with Gasteiger partial charge in [-0.3, -0.25) is 10.3 Å². The van der Waals surface area contributed by atoms with Gasteiger partial charge in [0.2, 0.25) is 0 Å². The number of rotatable bonds is 6. The van der Waals surface area contributed by atoms with Crippen molar-refractivity contribution in [3.8, 4) is 0 Å². The Morgan fingerprint density at radius 1 is 1.26 bits per heavy atom. The number of ether oxygens (including phenoxy) is 1. The van der Waals surface area contributed by atoms with Gasteiger partial charge in [0.1, 0.15) is 11.7 Å². The van der Waals surface area contributed by atoms with Crippen LogP contribution in [0.2, 0.25) is 0 Å². The van der Waals surface area contributed by atoms with Crippen LogP contribution >= 0.6 is 0 Å². The number of aromatic nitrogens is 2. The van der Waals surface area contributed by atoms with Gasteiger partial charge in [-0.2, -0.15) is 0 Å². The highest BCUT2D eigenvalue weighted by Gasteiger charge is 2.12. The Hall–Kier alpha value is -2.18. The molecule has 1 aromatic heterocycles. The molecule has 1 fully saturated rings. The van der Waals surface area contributed by atoms with Crippen LogP contribution in [0.25, 0.3) is 0 Å². The normalized spacial score (nSPS) is 15.7. The molecule has 0 spiro atoms. The number of imidazole rings is 1. The highest BCUT2D eigenvalue weighted by molar-refractivity contribution is 5.96. The average molecular weight is 313 g/mol. The molecule has 0 saturated carbocycles. The van der Waals surface area contributed by atoms with E-state index in [0.717, 1.165) is 56.2 Å². The van der Waals surface area contributed by atoms with E-state index in [1.165, 1.54) is 0 Å². The molecule has 0 radical (unpaired) electrons. The molecule has 2 heterocycles. The van der Waals surface area contributed by atoms with Crippen LogP contribution in [0, 0.1) is 5.41 Å². The van der Waals surface area contributed by atoms with Crippen molar-refractivity contribution < 1.29 is 4.74 Å². The van der Waals surface area contributed by atoms with Gasteiger partial charge in [-0.15, -0.1) is 0 Å². The standard InChI is InChI=1S/C17H23N5O/c18-17(19)15-4-2-1-3-14(15)13-22-8-6-20-16(22)5-7-21-9-11-23-12-10-21/h1-4,6,8H,5,7,9-13H2,(H3,18,19). The van der Waals surface area contributed by atoms with Crippen LogP contribution in [0.4, 0.5) is 0 Å². The summed E-state index contributed by atoms with van der Waals surface area (Å²) in [6.07, 6.45) is 4.74. The van der Waals surface area contributed by atoms with Crippen LogP contribution in [-0.4, -0.2) is 53.1 Å². The van der Waals surface area contributed by atoms with Crippen LogP contribution in [0.5, 0.6) is 0 Å². The Kier molecular flexibility index (Phi) is 5.05. The third-order valence-corrected chi connectivity index (χ3v) is 4.21. The molecule has 0 aliphatic carbocycles. The minimum atomic E-state index is 0.107. The summed E-state index contributed by atoms with van der Waals surface area (Å²) in [7, 11) is 0. The van der Waals surface area contributed by atoms with Crippen molar-refractivity contribution in [1.29, 1.82) is 5.41 Å². The van der Waals surface area contributed by atoms with Crippen LogP contribution in [0.1, 0.15) is 17.0 Å². The predicted octanol–water partition coefficient (Wildman–Crippen LogP) is 1.09. The lowest BCUT2D eigenvalue weighted by molar-refractivity contribution is 0.0381. The summed E-state index contributed by atoms with van der Waals surface area (Å²) >= 11 is 0. The van der Waals surface area contributed by atoms with Gasteiger partial charge in [0, 0.05) is 50.6 Å². The van der Waals surface area contributed by atoms with Crippen LogP contribution in [-0.2, 0) is 17.7 Å². The number of morpholine rings is 1. The first kappa shape index (κ1) is 15.7. The molecule has 3 rings (SSSR count). The fraction of sp³-hybridized carbons (Fsp3) is 0.412. The zero-order valence-electron chi connectivity index (χ0n) is 13.2. The summed E-state index contributed by atoms with van der Waals surface area (Å²) in [6.45, 7) is 5.31. The van der Waals surface area contributed by atoms with Gasteiger partial charge in [-0.1, -0.05) is 24.3 Å². The summed E-state index contributed by atoms with van der Waals surface area (Å²) < 4.78 is 7.52. The van der Waals surface area contributed by atoms with Gasteiger partial charge in [-0.25, -0.2) is 4.98 Å². The van der Waals surface area contributed by atoms with E-state index in [0.29, 0.717) is 6.54 Å². The first-order valence-electron chi connectivity index (χ1n) is 7.96. The average Bonchev–Trinajstić information content (AvgIpc) is 3.01. The van der Waals surface area contributed by atoms with Crippen LogP contribution in [0.15, 0.2) is 36.7 Å². The molecule has 0 bridgehead atoms. The Balaban J connectivity index is 1.67. The van der Waals surface area contributed by atoms with E-state index in [-0.39, 0.29) is 5.84 Å². The lowest BCUT2D eigenvalue weighted by Crippen LogP contribution is -2.37. The summed E-state index contributed by atoms with van der Waals surface area (Å²) in [5, 5.41) is 7.71. The fourth-order valence-electron chi connectivity index (χ4n) is 2.90. The second-order valence-electron chi connectivity index (χ2n) is 5.75. The number of amidine groups is 1. The Morgan fingerprint density at radius 2 is 2.04 bits per heavy atom. The van der Waals surface area contributed by atoms with E-state index in [1.807, 2.05) is 36.7 Å². The Bertz CT molecular complexity index is 661. The van der Waals surface area contributed by atoms with E-state index in [9.17, 15) is 0 Å². The molecule has 0 unspecified atom stereocenters. The second-order valence-corrected chi connectivity index (χ2v) is 5.75. The molecule has 1 aliphatic rings. The minimum absolute atomic E-state index is 0.107. The van der Waals surface area contributed by atoms with Crippen molar-refractivity contribution in [2.45, 2.75) is 13.0 Å². The molecule has 1 aliphatic heterocycles. The molecular weight excluding hydrogens is 290 g/mol. The molecule has 122 valence electrons. The lowest BCUT2D eigenvalue weighted by atomic mass is 10.1. The van der Waals surface area contributed by atoms with Gasteiger partial charge in [0.15, 0.2) is 0 Å². The monoisotopic (exact) mass is 313 g/mol. The highest BCUT2D eigenvalue weighted by Crippen LogP contribution is 2.12. The van der Waals surface area contributed by atoms with E-state index in [1.54, 1.807) is 0 Å². The number of nitrogens with zero attached hydrogens (tertiary/aromatic N) is 3. The van der Waals surface area contributed by atoms with Crippen molar-refractivity contribution in [2.75, 3.05) is 32.8 Å². The highest BCUT2D eigenvalue weighted by atomic mass is 16.5. The summed E-state index contributed by atoms with van der Waals surface area (Å²) in [5.41, 5.74) is 7.52. The van der Waals surface area contributed by atoms with Gasteiger partial charge < -0.3 is 15.0 Å². The van der Waals surface area contributed by atoms with E-state index >= 15 is 0 Å². The molecule has 0 amide bonds. The lowest BCUT2D eigenvalue weighted by Gasteiger charge is -2.26. The van der Waals surface area contributed by atoms with Crippen molar-refractivity contribution >= 4 is 5.84 Å². The largest absolute Gasteiger partial charge is 0.384 e. The van der Waals surface area contributed by atoms with Crippen molar-refractivity contribution in [2.24, 2.45) is 5.73 Å². The fourth-order valence-corrected chi connectivity index (χ4v) is 2.90. The number of benzene rings is 1. The van der Waals surface area contributed by atoms with Crippen molar-refractivity contribution in [1.82, 2.24) is 14.5 Å². The zero-order chi connectivity index (χ0) is 16.1. The number of nitrogen functional groups attached to an aromatic ring is 1. The maximum Gasteiger partial charge on any atom is 0.123 e. The molecule has 0 atom stereocenters. The van der Waals surface area contributed by atoms with Gasteiger partial charge in [-0.05, 0) is 5.56 Å². The molecule has 23 heavy (non-hydrogen) atoms. The number of hydrogen-bond acceptors (Lipinski definition) is 4. The van der Waals surface area contributed by atoms with Crippen LogP contribution < -0.4 is 5.73 Å². The third-order valence-electron chi connectivity index (χ3n) is 4.21. The van der Waals surface area contributed by atoms with E-state index in [2.05, 4.69) is 14.5 Å². The van der Waals surface area contributed by atoms with E-state index in [4.69, 9.17) is 15.9 Å². The maximum atomic E-state index is 7.71. The summed E-state index contributed by atoms with van der Waals surface area (Å²) in [4.78, 5) is 6.90. The quantitative estimate of drug-likeness (QED) is 0.618. The number of hydrogen-bond donors (Lipinski definition) is 2. The molecule has 1 aromatic carbocycles. The van der Waals surface area contributed by atoms with Crippen LogP contribution in [0.3, 0.4) is 0 Å². The summed E-state index contributed by atoms with van der Waals surface area (Å²) in [5.74, 6) is 1.17. The zero-order valence-corrected chi connectivity index (χ0v) is 13.2. The third kappa shape index (κ3) is 3.97. The first-order chi connectivity index (χ1) is 11.2. The molecule has 2 aromatic rings. The van der Waals surface area contributed by atoms with Gasteiger partial charge in [0.25, 0.3) is 0 Å². The predicted molar refractivity (Wildman–Crippen MR) is 89.8 cm³/mol. The molecule has 1 saturated heterocycles. The molecular formula is C17H23N5O. The van der Waals surface area contributed by atoms with Gasteiger partial charge in [0.05, 0.1) is 13.2 Å². The Morgan fingerprint density at radius 3 is 2.83 bits per heavy atom. The smallest absolute Gasteiger partial charge is 0.123 e. The molecule has 6 heteroatoms. The van der Waals surface area contributed by atoms with Crippen molar-refractivity contribution in [3.05, 3.63) is 53.6 Å². The summed E-state index contributed by atoms with van der Waals surface area (Å²) in [6, 6.07) is 7.80. The number of nitrogens with two attached hydrogens (primary N) is 1. The van der Waals surface area contributed by atoms with Crippen molar-refractivity contribution in [3.63, 3.8) is 0 Å². The Labute approximate surface area is 136 Å². The number of nitrogens with one attached hydrogen (secondary N) is 1. The van der Waals surface area contributed by atoms with Gasteiger partial charge >= 0.3 is 0 Å². The SMILES string of the molecule is N=C(N)c1ccccc1Cn1ccnc1CCN1CCOCC1. The minimum Gasteiger partial charge on any atom is -0.384 e. The molecule has 3 N–H and O–H groups in total. The maximum absolute atomic E-state index is 7.71. The topological polar surface area (TPSA) is 80.2 Å².